The zero-order chi connectivity index (χ0) is 20.8. The quantitative estimate of drug-likeness (QED) is 0.380. The van der Waals surface area contributed by atoms with Crippen molar-refractivity contribution in [3.63, 3.8) is 0 Å². The van der Waals surface area contributed by atoms with Gasteiger partial charge in [0.1, 0.15) is 11.5 Å². The molecule has 7 nitrogen and oxygen atoms in total. The second kappa shape index (κ2) is 9.67. The predicted molar refractivity (Wildman–Crippen MR) is 106 cm³/mol. The Bertz CT molecular complexity index is 880. The van der Waals surface area contributed by atoms with Gasteiger partial charge in [0.05, 0.1) is 17.1 Å². The van der Waals surface area contributed by atoms with Gasteiger partial charge in [-0.2, -0.15) is 8.42 Å². The molecule has 0 aliphatic heterocycles. The normalized spacial score (nSPS) is 12.5. The molecular formula is C19H25O7PS. The van der Waals surface area contributed by atoms with Crippen molar-refractivity contribution < 1.29 is 31.0 Å². The van der Waals surface area contributed by atoms with E-state index in [9.17, 15) is 13.0 Å². The van der Waals surface area contributed by atoms with Crippen molar-refractivity contribution in [2.45, 2.75) is 44.8 Å². The van der Waals surface area contributed by atoms with Crippen LogP contribution in [0.25, 0.3) is 0 Å². The molecule has 2 aromatic rings. The van der Waals surface area contributed by atoms with Crippen LogP contribution in [-0.2, 0) is 27.9 Å². The maximum absolute atomic E-state index is 12.7. The fourth-order valence-electron chi connectivity index (χ4n) is 2.23. The third-order valence-corrected chi connectivity index (χ3v) is 6.58. The molecule has 0 saturated heterocycles. The van der Waals surface area contributed by atoms with Gasteiger partial charge >= 0.3 is 7.60 Å². The Morgan fingerprint density at radius 2 is 1.32 bits per heavy atom. The molecule has 0 amide bonds. The summed E-state index contributed by atoms with van der Waals surface area (Å²) in [6, 6.07) is 14.8. The molecule has 0 radical (unpaired) electrons. The molecule has 0 spiro atoms. The van der Waals surface area contributed by atoms with Gasteiger partial charge in [0.15, 0.2) is 6.35 Å². The van der Waals surface area contributed by atoms with E-state index < -0.39 is 36.3 Å². The topological polar surface area (TPSA) is 88.1 Å². The second-order valence-corrected chi connectivity index (χ2v) is 10.0. The van der Waals surface area contributed by atoms with Crippen molar-refractivity contribution in [2.24, 2.45) is 0 Å². The molecule has 0 fully saturated rings. The SMILES string of the molecule is CC(C)OP(=O)(COS(=O)(=O)c1ccc(Oc2ccccc2)cc1)OC(C)C. The molecule has 0 atom stereocenters. The van der Waals surface area contributed by atoms with Crippen molar-refractivity contribution in [3.8, 4) is 11.5 Å². The van der Waals surface area contributed by atoms with Gasteiger partial charge < -0.3 is 13.8 Å². The van der Waals surface area contributed by atoms with Crippen LogP contribution < -0.4 is 4.74 Å². The molecule has 2 aromatic carbocycles. The molecule has 0 aromatic heterocycles. The number of hydrogen-bond donors (Lipinski definition) is 0. The largest absolute Gasteiger partial charge is 0.457 e. The van der Waals surface area contributed by atoms with E-state index >= 15 is 0 Å². The fourth-order valence-corrected chi connectivity index (χ4v) is 5.36. The average Bonchev–Trinajstić information content (AvgIpc) is 2.60. The standard InChI is InChI=1S/C19H25O7PS/c1-15(2)25-27(20,26-16(3)4)14-23-28(21,22)19-12-10-18(11-13-19)24-17-8-6-5-7-9-17/h5-13,15-16H,14H2,1-4H3. The molecule has 0 N–H and O–H groups in total. The summed E-state index contributed by atoms with van der Waals surface area (Å²) < 4.78 is 58.7. The third-order valence-electron chi connectivity index (χ3n) is 3.20. The van der Waals surface area contributed by atoms with Crippen LogP contribution in [0.1, 0.15) is 27.7 Å². The van der Waals surface area contributed by atoms with Crippen LogP contribution in [0, 0.1) is 0 Å². The van der Waals surface area contributed by atoms with Crippen molar-refractivity contribution >= 4 is 17.7 Å². The molecule has 28 heavy (non-hydrogen) atoms. The first kappa shape index (κ1) is 22.6. The first-order chi connectivity index (χ1) is 13.1. The minimum Gasteiger partial charge on any atom is -0.457 e. The van der Waals surface area contributed by atoms with E-state index in [0.717, 1.165) is 0 Å². The van der Waals surface area contributed by atoms with E-state index in [0.29, 0.717) is 11.5 Å². The van der Waals surface area contributed by atoms with Gasteiger partial charge in [0.25, 0.3) is 10.1 Å². The molecule has 0 aliphatic carbocycles. The van der Waals surface area contributed by atoms with Gasteiger partial charge in [0.2, 0.25) is 0 Å². The van der Waals surface area contributed by atoms with Crippen molar-refractivity contribution in [1.29, 1.82) is 0 Å². The highest BCUT2D eigenvalue weighted by Gasteiger charge is 2.31. The lowest BCUT2D eigenvalue weighted by molar-refractivity contribution is 0.129. The summed E-state index contributed by atoms with van der Waals surface area (Å²) in [5.41, 5.74) is 0. The maximum Gasteiger partial charge on any atom is 0.358 e. The van der Waals surface area contributed by atoms with Gasteiger partial charge in [0, 0.05) is 0 Å². The Labute approximate surface area is 166 Å². The Morgan fingerprint density at radius 3 is 1.82 bits per heavy atom. The Morgan fingerprint density at radius 1 is 0.821 bits per heavy atom. The van der Waals surface area contributed by atoms with Crippen LogP contribution in [0.5, 0.6) is 11.5 Å². The van der Waals surface area contributed by atoms with E-state index in [1.165, 1.54) is 24.3 Å². The average molecular weight is 428 g/mol. The lowest BCUT2D eigenvalue weighted by atomic mass is 10.3. The minimum absolute atomic E-state index is 0.0893. The summed E-state index contributed by atoms with van der Waals surface area (Å²) in [5, 5.41) is 0. The van der Waals surface area contributed by atoms with E-state index in [4.69, 9.17) is 18.0 Å². The molecule has 154 valence electrons. The zero-order valence-corrected chi connectivity index (χ0v) is 18.0. The Balaban J connectivity index is 2.07. The van der Waals surface area contributed by atoms with Gasteiger partial charge in [-0.25, -0.2) is 0 Å². The smallest absolute Gasteiger partial charge is 0.358 e. The first-order valence-corrected chi connectivity index (χ1v) is 11.9. The summed E-state index contributed by atoms with van der Waals surface area (Å²) in [7, 11) is -7.87. The van der Waals surface area contributed by atoms with E-state index in [-0.39, 0.29) is 4.90 Å². The van der Waals surface area contributed by atoms with Gasteiger partial charge in [-0.05, 0) is 64.1 Å². The van der Waals surface area contributed by atoms with Crippen molar-refractivity contribution in [3.05, 3.63) is 54.6 Å². The molecule has 9 heteroatoms. The lowest BCUT2D eigenvalue weighted by Gasteiger charge is -2.22. The highest BCUT2D eigenvalue weighted by Crippen LogP contribution is 2.51. The van der Waals surface area contributed by atoms with Gasteiger partial charge in [-0.15, -0.1) is 0 Å². The minimum atomic E-state index is -4.14. The summed E-state index contributed by atoms with van der Waals surface area (Å²) in [6.45, 7) is 6.71. The number of hydrogen-bond acceptors (Lipinski definition) is 7. The van der Waals surface area contributed by atoms with E-state index in [1.54, 1.807) is 39.8 Å². The van der Waals surface area contributed by atoms with E-state index in [1.807, 2.05) is 18.2 Å². The number of ether oxygens (including phenoxy) is 1. The highest BCUT2D eigenvalue weighted by molar-refractivity contribution is 7.87. The number of rotatable bonds is 10. The Hall–Kier alpha value is -1.70. The molecule has 0 aliphatic rings. The Kier molecular flexibility index (Phi) is 7.80. The molecule has 0 unspecified atom stereocenters. The second-order valence-electron chi connectivity index (χ2n) is 6.51. The first-order valence-electron chi connectivity index (χ1n) is 8.78. The molecule has 0 saturated carbocycles. The monoisotopic (exact) mass is 428 g/mol. The van der Waals surface area contributed by atoms with Crippen LogP contribution >= 0.6 is 7.60 Å². The molecular weight excluding hydrogens is 403 g/mol. The highest BCUT2D eigenvalue weighted by atomic mass is 32.2. The maximum atomic E-state index is 12.7. The summed E-state index contributed by atoms with van der Waals surface area (Å²) in [5.74, 6) is 1.11. The zero-order valence-electron chi connectivity index (χ0n) is 16.3. The third kappa shape index (κ3) is 7.04. The fraction of sp³-hybridized carbons (Fsp3) is 0.368. The summed E-state index contributed by atoms with van der Waals surface area (Å²) in [6.07, 6.45) is -1.52. The summed E-state index contributed by atoms with van der Waals surface area (Å²) >= 11 is 0. The number of benzene rings is 2. The summed E-state index contributed by atoms with van der Waals surface area (Å²) in [4.78, 5) is -0.0893. The van der Waals surface area contributed by atoms with Crippen LogP contribution in [0.15, 0.2) is 59.5 Å². The number of para-hydroxylation sites is 1. The molecule has 2 rings (SSSR count). The molecule has 0 bridgehead atoms. The van der Waals surface area contributed by atoms with Gasteiger partial charge in [-0.1, -0.05) is 18.2 Å². The van der Waals surface area contributed by atoms with Crippen LogP contribution in [0.3, 0.4) is 0 Å². The lowest BCUT2D eigenvalue weighted by Crippen LogP contribution is -2.14. The van der Waals surface area contributed by atoms with Crippen LogP contribution in [0.2, 0.25) is 0 Å². The predicted octanol–water partition coefficient (Wildman–Crippen LogP) is 5.18. The van der Waals surface area contributed by atoms with Gasteiger partial charge in [-0.3, -0.25) is 8.75 Å². The van der Waals surface area contributed by atoms with Crippen LogP contribution in [-0.4, -0.2) is 27.0 Å². The van der Waals surface area contributed by atoms with Crippen molar-refractivity contribution in [2.75, 3.05) is 6.35 Å². The molecule has 0 heterocycles. The van der Waals surface area contributed by atoms with Crippen LogP contribution in [0.4, 0.5) is 0 Å². The van der Waals surface area contributed by atoms with Crippen molar-refractivity contribution in [1.82, 2.24) is 0 Å². The van der Waals surface area contributed by atoms with E-state index in [2.05, 4.69) is 0 Å².